The Kier molecular flexibility index (Phi) is 2.47. The molecule has 1 aromatic carbocycles. The fraction of sp³-hybridized carbons (Fsp3) is 0.125. The van der Waals surface area contributed by atoms with Gasteiger partial charge in [0, 0.05) is 0 Å². The first-order chi connectivity index (χ1) is 5.38. The Bertz CT molecular complexity index is 278. The minimum Gasteiger partial charge on any atom is -0.255 e. The van der Waals surface area contributed by atoms with Gasteiger partial charge in [-0.3, -0.25) is 4.84 Å². The molecule has 3 heteroatoms. The van der Waals surface area contributed by atoms with Crippen LogP contribution in [0.4, 0.5) is 5.69 Å². The van der Waals surface area contributed by atoms with Crippen LogP contribution in [0.15, 0.2) is 24.3 Å². The van der Waals surface area contributed by atoms with Gasteiger partial charge in [-0.2, -0.15) is 5.26 Å². The SMILES string of the molecule is CO[N]c1ccccc1C#N. The van der Waals surface area contributed by atoms with Gasteiger partial charge in [-0.1, -0.05) is 12.1 Å². The van der Waals surface area contributed by atoms with Gasteiger partial charge in [0.15, 0.2) is 0 Å². The summed E-state index contributed by atoms with van der Waals surface area (Å²) in [5, 5.41) is 8.58. The molecule has 0 aliphatic carbocycles. The topological polar surface area (TPSA) is 47.1 Å². The monoisotopic (exact) mass is 147 g/mol. The first-order valence-electron chi connectivity index (χ1n) is 3.12. The lowest BCUT2D eigenvalue weighted by Gasteiger charge is -1.98. The first-order valence-corrected chi connectivity index (χ1v) is 3.12. The predicted molar refractivity (Wildman–Crippen MR) is 40.0 cm³/mol. The van der Waals surface area contributed by atoms with Gasteiger partial charge in [0.25, 0.3) is 0 Å². The third-order valence-electron chi connectivity index (χ3n) is 1.21. The van der Waals surface area contributed by atoms with Crippen molar-refractivity contribution < 1.29 is 4.84 Å². The van der Waals surface area contributed by atoms with Gasteiger partial charge in [0.1, 0.15) is 11.8 Å². The molecule has 0 bridgehead atoms. The molecule has 0 spiro atoms. The van der Waals surface area contributed by atoms with Crippen molar-refractivity contribution in [3.05, 3.63) is 29.8 Å². The van der Waals surface area contributed by atoms with Crippen molar-refractivity contribution in [2.24, 2.45) is 0 Å². The second-order valence-electron chi connectivity index (χ2n) is 1.90. The summed E-state index contributed by atoms with van der Waals surface area (Å²) >= 11 is 0. The van der Waals surface area contributed by atoms with Crippen LogP contribution < -0.4 is 5.48 Å². The summed E-state index contributed by atoms with van der Waals surface area (Å²) in [6, 6.07) is 9.01. The molecular formula is C8H7N2O. The number of benzene rings is 1. The molecule has 11 heavy (non-hydrogen) atoms. The normalized spacial score (nSPS) is 8.73. The lowest BCUT2D eigenvalue weighted by Crippen LogP contribution is -1.95. The summed E-state index contributed by atoms with van der Waals surface area (Å²) < 4.78 is 0. The quantitative estimate of drug-likeness (QED) is 0.593. The number of hydrogen-bond donors (Lipinski definition) is 0. The fourth-order valence-corrected chi connectivity index (χ4v) is 0.746. The van der Waals surface area contributed by atoms with E-state index in [1.807, 2.05) is 6.07 Å². The van der Waals surface area contributed by atoms with Crippen molar-refractivity contribution in [2.45, 2.75) is 0 Å². The van der Waals surface area contributed by atoms with E-state index in [1.54, 1.807) is 24.3 Å². The second kappa shape index (κ2) is 3.59. The largest absolute Gasteiger partial charge is 0.255 e. The smallest absolute Gasteiger partial charge is 0.108 e. The van der Waals surface area contributed by atoms with E-state index in [2.05, 4.69) is 10.3 Å². The van der Waals surface area contributed by atoms with Gasteiger partial charge < -0.3 is 0 Å². The molecule has 0 unspecified atom stereocenters. The maximum absolute atomic E-state index is 8.58. The van der Waals surface area contributed by atoms with E-state index in [4.69, 9.17) is 5.26 Å². The lowest BCUT2D eigenvalue weighted by molar-refractivity contribution is 0.125. The third kappa shape index (κ3) is 1.69. The zero-order valence-electron chi connectivity index (χ0n) is 6.11. The summed E-state index contributed by atoms with van der Waals surface area (Å²) in [5.74, 6) is 0. The standard InChI is InChI=1S/C8H7N2O/c1-11-10-8-5-3-2-4-7(8)6-9/h2-5H,1H3. The molecule has 0 atom stereocenters. The molecule has 0 heterocycles. The van der Waals surface area contributed by atoms with E-state index in [9.17, 15) is 0 Å². The van der Waals surface area contributed by atoms with Crippen molar-refractivity contribution in [3.63, 3.8) is 0 Å². The highest BCUT2D eigenvalue weighted by molar-refractivity contribution is 5.51. The van der Waals surface area contributed by atoms with Crippen molar-refractivity contribution in [3.8, 4) is 6.07 Å². The fourth-order valence-electron chi connectivity index (χ4n) is 0.746. The van der Waals surface area contributed by atoms with Gasteiger partial charge in [0.05, 0.1) is 12.7 Å². The highest BCUT2D eigenvalue weighted by Crippen LogP contribution is 2.12. The molecule has 1 aromatic rings. The Balaban J connectivity index is 2.95. The lowest BCUT2D eigenvalue weighted by atomic mass is 10.2. The van der Waals surface area contributed by atoms with Crippen molar-refractivity contribution in [1.82, 2.24) is 5.48 Å². The summed E-state index contributed by atoms with van der Waals surface area (Å²) in [4.78, 5) is 4.54. The number of nitrogens with zero attached hydrogens (tertiary/aromatic N) is 2. The number of rotatable bonds is 2. The molecule has 1 rings (SSSR count). The van der Waals surface area contributed by atoms with Crippen molar-refractivity contribution >= 4 is 5.69 Å². The highest BCUT2D eigenvalue weighted by atomic mass is 16.6. The van der Waals surface area contributed by atoms with Crippen LogP contribution in [0, 0.1) is 11.3 Å². The van der Waals surface area contributed by atoms with Gasteiger partial charge in [-0.05, 0) is 12.1 Å². The zero-order chi connectivity index (χ0) is 8.10. The van der Waals surface area contributed by atoms with Crippen molar-refractivity contribution in [2.75, 3.05) is 7.11 Å². The average molecular weight is 147 g/mol. The molecule has 0 N–H and O–H groups in total. The summed E-state index contributed by atoms with van der Waals surface area (Å²) in [6.07, 6.45) is 0. The minimum atomic E-state index is 0.523. The number of nitriles is 1. The first kappa shape index (κ1) is 7.58. The second-order valence-corrected chi connectivity index (χ2v) is 1.90. The van der Waals surface area contributed by atoms with Crippen LogP contribution in [0.2, 0.25) is 0 Å². The van der Waals surface area contributed by atoms with Crippen LogP contribution in [0.5, 0.6) is 0 Å². The van der Waals surface area contributed by atoms with Crippen LogP contribution in [0.1, 0.15) is 5.56 Å². The van der Waals surface area contributed by atoms with Crippen LogP contribution >= 0.6 is 0 Å². The Morgan fingerprint density at radius 2 is 2.18 bits per heavy atom. The van der Waals surface area contributed by atoms with E-state index >= 15 is 0 Å². The summed E-state index contributed by atoms with van der Waals surface area (Å²) in [5.41, 5.74) is 4.74. The summed E-state index contributed by atoms with van der Waals surface area (Å²) in [6.45, 7) is 0. The average Bonchev–Trinajstić information content (AvgIpc) is 2.06. The Labute approximate surface area is 65.2 Å². The predicted octanol–water partition coefficient (Wildman–Crippen LogP) is 1.36. The van der Waals surface area contributed by atoms with Gasteiger partial charge >= 0.3 is 0 Å². The Morgan fingerprint density at radius 3 is 2.82 bits per heavy atom. The molecule has 0 aromatic heterocycles. The molecule has 0 saturated heterocycles. The molecule has 3 nitrogen and oxygen atoms in total. The molecular weight excluding hydrogens is 140 g/mol. The van der Waals surface area contributed by atoms with Gasteiger partial charge in [0.2, 0.25) is 0 Å². The van der Waals surface area contributed by atoms with E-state index in [1.165, 1.54) is 7.11 Å². The summed E-state index contributed by atoms with van der Waals surface area (Å²) in [7, 11) is 1.45. The van der Waals surface area contributed by atoms with Gasteiger partial charge in [-0.25, -0.2) is 0 Å². The van der Waals surface area contributed by atoms with Crippen LogP contribution in [0.3, 0.4) is 0 Å². The van der Waals surface area contributed by atoms with E-state index in [0.29, 0.717) is 11.3 Å². The Hall–Kier alpha value is -1.53. The minimum absolute atomic E-state index is 0.523. The molecule has 0 fully saturated rings. The van der Waals surface area contributed by atoms with Crippen LogP contribution in [0.25, 0.3) is 0 Å². The Morgan fingerprint density at radius 1 is 1.45 bits per heavy atom. The third-order valence-corrected chi connectivity index (χ3v) is 1.21. The van der Waals surface area contributed by atoms with E-state index < -0.39 is 0 Å². The van der Waals surface area contributed by atoms with Crippen LogP contribution in [-0.2, 0) is 4.84 Å². The maximum Gasteiger partial charge on any atom is 0.108 e. The molecule has 0 saturated carbocycles. The van der Waals surface area contributed by atoms with Gasteiger partial charge in [-0.15, -0.1) is 5.48 Å². The maximum atomic E-state index is 8.58. The molecule has 0 amide bonds. The molecule has 1 radical (unpaired) electrons. The number of hydrogen-bond acceptors (Lipinski definition) is 2. The molecule has 55 valence electrons. The van der Waals surface area contributed by atoms with E-state index in [-0.39, 0.29) is 0 Å². The van der Waals surface area contributed by atoms with Crippen molar-refractivity contribution in [1.29, 1.82) is 5.26 Å². The zero-order valence-corrected chi connectivity index (χ0v) is 6.11. The molecule has 0 aliphatic heterocycles. The highest BCUT2D eigenvalue weighted by Gasteiger charge is 1.99. The van der Waals surface area contributed by atoms with E-state index in [0.717, 1.165) is 0 Å². The molecule has 0 aliphatic rings. The van der Waals surface area contributed by atoms with Crippen LogP contribution in [-0.4, -0.2) is 7.11 Å².